The van der Waals surface area contributed by atoms with Crippen LogP contribution in [0, 0.1) is 13.8 Å². The fourth-order valence-corrected chi connectivity index (χ4v) is 9.01. The quantitative estimate of drug-likeness (QED) is 0.469. The lowest BCUT2D eigenvalue weighted by molar-refractivity contribution is 0.245. The Morgan fingerprint density at radius 1 is 0.875 bits per heavy atom. The molecule has 3 rings (SSSR count). The molecule has 0 saturated heterocycles. The minimum absolute atomic E-state index is 0.0542. The monoisotopic (exact) mass is 444 g/mol. The summed E-state index contributed by atoms with van der Waals surface area (Å²) in [6, 6.07) is 25.8. The maximum atomic E-state index is 9.67. The number of hydrogen-bond donors (Lipinski definition) is 1. The first-order valence-corrected chi connectivity index (χ1v) is 13.3. The maximum absolute atomic E-state index is 9.67. The molecular weight excluding hydrogens is 408 g/mol. The van der Waals surface area contributed by atoms with E-state index >= 15 is 0 Å². The van der Waals surface area contributed by atoms with Crippen LogP contribution in [0.4, 0.5) is 0 Å². The van der Waals surface area contributed by atoms with E-state index in [9.17, 15) is 5.11 Å². The summed E-state index contributed by atoms with van der Waals surface area (Å²) in [7, 11) is -2.59. The van der Waals surface area contributed by atoms with Crippen molar-refractivity contribution in [3.63, 3.8) is 0 Å². The van der Waals surface area contributed by atoms with Gasteiger partial charge in [0.2, 0.25) is 0 Å². The van der Waals surface area contributed by atoms with E-state index in [0.29, 0.717) is 6.61 Å². The second kappa shape index (κ2) is 9.99. The molecule has 3 heteroatoms. The fraction of sp³-hybridized carbons (Fsp3) is 0.310. The van der Waals surface area contributed by atoms with Crippen molar-refractivity contribution in [3.05, 3.63) is 101 Å². The first kappa shape index (κ1) is 24.2. The molecule has 0 aromatic heterocycles. The van der Waals surface area contributed by atoms with Gasteiger partial charge in [-0.05, 0) is 58.4 Å². The van der Waals surface area contributed by atoms with Crippen LogP contribution in [0.3, 0.4) is 0 Å². The summed E-state index contributed by atoms with van der Waals surface area (Å²) in [5.74, 6) is 0. The van der Waals surface area contributed by atoms with Crippen molar-refractivity contribution in [2.75, 3.05) is 0 Å². The van der Waals surface area contributed by atoms with Crippen LogP contribution in [0.5, 0.6) is 0 Å². The number of aryl methyl sites for hydroxylation is 1. The highest BCUT2D eigenvalue weighted by Crippen LogP contribution is 2.37. The third-order valence-corrected chi connectivity index (χ3v) is 11.3. The molecule has 3 aromatic carbocycles. The molecule has 0 fully saturated rings. The number of hydrogen-bond acceptors (Lipinski definition) is 2. The number of aliphatic hydroxyl groups is 1. The SMILES string of the molecule is Cc1ccc(C=CC(C)O)c(C)c1CO[Si](c1ccccc1)(c1ccccc1)C(C)(C)C. The Morgan fingerprint density at radius 3 is 1.88 bits per heavy atom. The van der Waals surface area contributed by atoms with Gasteiger partial charge in [0.25, 0.3) is 8.32 Å². The predicted octanol–water partition coefficient (Wildman–Crippen LogP) is 5.77. The molecule has 168 valence electrons. The van der Waals surface area contributed by atoms with Crippen LogP contribution < -0.4 is 10.4 Å². The summed E-state index contributed by atoms with van der Waals surface area (Å²) in [6.45, 7) is 13.6. The third kappa shape index (κ3) is 4.96. The van der Waals surface area contributed by atoms with E-state index in [-0.39, 0.29) is 5.04 Å². The van der Waals surface area contributed by atoms with E-state index in [0.717, 1.165) is 5.56 Å². The standard InChI is InChI=1S/C29H36O2Si/c1-22-17-19-25(20-18-23(2)30)24(3)28(22)21-31-32(29(4,5)6,26-13-9-7-10-14-26)27-15-11-8-12-16-27/h7-20,23,30H,21H2,1-6H3. The Kier molecular flexibility index (Phi) is 7.55. The molecule has 0 amide bonds. The van der Waals surface area contributed by atoms with Gasteiger partial charge in [-0.15, -0.1) is 0 Å². The van der Waals surface area contributed by atoms with E-state index < -0.39 is 14.4 Å². The Labute approximate surface area is 194 Å². The van der Waals surface area contributed by atoms with Gasteiger partial charge in [-0.2, -0.15) is 0 Å². The summed E-state index contributed by atoms with van der Waals surface area (Å²) >= 11 is 0. The topological polar surface area (TPSA) is 29.5 Å². The lowest BCUT2D eigenvalue weighted by Gasteiger charge is -2.43. The molecule has 0 saturated carbocycles. The summed E-state index contributed by atoms with van der Waals surface area (Å²) in [6.07, 6.45) is 3.36. The van der Waals surface area contributed by atoms with E-state index in [1.165, 1.54) is 27.1 Å². The number of benzene rings is 3. The van der Waals surface area contributed by atoms with Crippen molar-refractivity contribution in [2.24, 2.45) is 0 Å². The van der Waals surface area contributed by atoms with Gasteiger partial charge in [0.1, 0.15) is 0 Å². The Bertz CT molecular complexity index is 1010. The Hall–Kier alpha value is -2.46. The van der Waals surface area contributed by atoms with Gasteiger partial charge in [-0.3, -0.25) is 0 Å². The van der Waals surface area contributed by atoms with Crippen molar-refractivity contribution in [1.29, 1.82) is 0 Å². The second-order valence-corrected chi connectivity index (χ2v) is 13.9. The molecule has 1 N–H and O–H groups in total. The van der Waals surface area contributed by atoms with Crippen molar-refractivity contribution < 1.29 is 9.53 Å². The summed E-state index contributed by atoms with van der Waals surface area (Å²) in [5, 5.41) is 12.2. The molecule has 0 aliphatic rings. The molecule has 0 bridgehead atoms. The molecule has 3 aromatic rings. The summed E-state index contributed by atoms with van der Waals surface area (Å²) in [4.78, 5) is 0. The van der Waals surface area contributed by atoms with Gasteiger partial charge >= 0.3 is 0 Å². The van der Waals surface area contributed by atoms with Crippen molar-refractivity contribution in [3.8, 4) is 0 Å². The van der Waals surface area contributed by atoms with Gasteiger partial charge < -0.3 is 9.53 Å². The number of aliphatic hydroxyl groups excluding tert-OH is 1. The van der Waals surface area contributed by atoms with Crippen LogP contribution in [0.1, 0.15) is 49.9 Å². The maximum Gasteiger partial charge on any atom is 0.261 e. The highest BCUT2D eigenvalue weighted by Gasteiger charge is 2.50. The first-order chi connectivity index (χ1) is 15.2. The lowest BCUT2D eigenvalue weighted by Crippen LogP contribution is -2.66. The molecule has 0 aliphatic heterocycles. The average molecular weight is 445 g/mol. The smallest absolute Gasteiger partial charge is 0.261 e. The fourth-order valence-electron chi connectivity index (χ4n) is 4.50. The van der Waals surface area contributed by atoms with Crippen LogP contribution in [0.25, 0.3) is 6.08 Å². The van der Waals surface area contributed by atoms with Crippen molar-refractivity contribution >= 4 is 24.8 Å². The molecule has 32 heavy (non-hydrogen) atoms. The first-order valence-electron chi connectivity index (χ1n) is 11.4. The van der Waals surface area contributed by atoms with Crippen LogP contribution >= 0.6 is 0 Å². The zero-order chi connectivity index (χ0) is 23.4. The largest absolute Gasteiger partial charge is 0.403 e. The van der Waals surface area contributed by atoms with Crippen LogP contribution in [0.2, 0.25) is 5.04 Å². The zero-order valence-corrected chi connectivity index (χ0v) is 21.2. The van der Waals surface area contributed by atoms with Crippen LogP contribution in [0.15, 0.2) is 78.9 Å². The Balaban J connectivity index is 2.11. The van der Waals surface area contributed by atoms with Gasteiger partial charge in [0.05, 0.1) is 12.7 Å². The molecule has 0 spiro atoms. The van der Waals surface area contributed by atoms with E-state index in [1.54, 1.807) is 6.92 Å². The number of rotatable bonds is 7. The molecule has 0 aliphatic carbocycles. The second-order valence-electron chi connectivity index (χ2n) is 9.63. The average Bonchev–Trinajstić information content (AvgIpc) is 2.76. The van der Waals surface area contributed by atoms with Crippen molar-refractivity contribution in [2.45, 2.75) is 59.3 Å². The summed E-state index contributed by atoms with van der Waals surface area (Å²) in [5.41, 5.74) is 4.79. The predicted molar refractivity (Wildman–Crippen MR) is 139 cm³/mol. The van der Waals surface area contributed by atoms with Crippen molar-refractivity contribution in [1.82, 2.24) is 0 Å². The van der Waals surface area contributed by atoms with E-state index in [1.807, 2.05) is 12.2 Å². The van der Waals surface area contributed by atoms with Gasteiger partial charge in [0, 0.05) is 0 Å². The van der Waals surface area contributed by atoms with E-state index in [4.69, 9.17) is 4.43 Å². The van der Waals surface area contributed by atoms with Crippen LogP contribution in [-0.2, 0) is 11.0 Å². The molecule has 1 unspecified atom stereocenters. The molecule has 0 radical (unpaired) electrons. The third-order valence-electron chi connectivity index (χ3n) is 6.28. The molecular formula is C29H36O2Si. The highest BCUT2D eigenvalue weighted by atomic mass is 28.4. The minimum Gasteiger partial charge on any atom is -0.403 e. The van der Waals surface area contributed by atoms with Gasteiger partial charge in [-0.1, -0.05) is 106 Å². The molecule has 1 atom stereocenters. The molecule has 0 heterocycles. The van der Waals surface area contributed by atoms with Gasteiger partial charge in [-0.25, -0.2) is 0 Å². The lowest BCUT2D eigenvalue weighted by atomic mass is 9.97. The van der Waals surface area contributed by atoms with Crippen LogP contribution in [-0.4, -0.2) is 19.5 Å². The minimum atomic E-state index is -2.59. The van der Waals surface area contributed by atoms with Gasteiger partial charge in [0.15, 0.2) is 0 Å². The van der Waals surface area contributed by atoms with E-state index in [2.05, 4.69) is 107 Å². The highest BCUT2D eigenvalue weighted by molar-refractivity contribution is 6.99. The zero-order valence-electron chi connectivity index (χ0n) is 20.2. The Morgan fingerprint density at radius 2 is 1.41 bits per heavy atom. The normalized spacial score (nSPS) is 13.5. The summed E-state index contributed by atoms with van der Waals surface area (Å²) < 4.78 is 7.16. The molecule has 2 nitrogen and oxygen atoms in total.